The van der Waals surface area contributed by atoms with Crippen molar-refractivity contribution in [3.63, 3.8) is 0 Å². The summed E-state index contributed by atoms with van der Waals surface area (Å²) in [5.74, 6) is -1.78. The predicted octanol–water partition coefficient (Wildman–Crippen LogP) is 16.7. The van der Waals surface area contributed by atoms with E-state index in [1.54, 1.807) is 0 Å². The van der Waals surface area contributed by atoms with Crippen LogP contribution in [0, 0.1) is 0 Å². The minimum Gasteiger partial charge on any atom is -0.480 e. The molecular formula is C58H102NO9P. The highest BCUT2D eigenvalue weighted by molar-refractivity contribution is 7.47. The van der Waals surface area contributed by atoms with Gasteiger partial charge in [-0.25, -0.2) is 4.57 Å². The van der Waals surface area contributed by atoms with Gasteiger partial charge in [-0.3, -0.25) is 18.6 Å². The number of hydrogen-bond acceptors (Lipinski definition) is 8. The summed E-state index contributed by atoms with van der Waals surface area (Å²) in [6.45, 7) is 3.75. The number of phosphoric acid groups is 1. The van der Waals surface area contributed by atoms with Gasteiger partial charge in [-0.15, -0.1) is 0 Å². The van der Waals surface area contributed by atoms with Crippen molar-refractivity contribution in [3.05, 3.63) is 85.1 Å². The van der Waals surface area contributed by atoms with E-state index in [9.17, 15) is 19.0 Å². The summed E-state index contributed by atoms with van der Waals surface area (Å²) in [4.78, 5) is 33.8. The Labute approximate surface area is 422 Å². The number of ether oxygens (including phenoxy) is 2. The number of unbranched alkanes of at least 4 members (excludes halogenated alkanes) is 24. The Kier molecular flexibility index (Phi) is 50.8. The second-order valence-corrected chi connectivity index (χ2v) is 19.8. The molecule has 0 amide bonds. The van der Waals surface area contributed by atoms with Crippen LogP contribution in [0.4, 0.5) is 0 Å². The summed E-state index contributed by atoms with van der Waals surface area (Å²) in [5, 5.41) is 8.95. The normalized spacial score (nSPS) is 14.3. The van der Waals surface area contributed by atoms with Crippen LogP contribution in [0.2, 0.25) is 0 Å². The van der Waals surface area contributed by atoms with Crippen molar-refractivity contribution in [2.45, 2.75) is 244 Å². The van der Waals surface area contributed by atoms with Gasteiger partial charge in [0.2, 0.25) is 0 Å². The second-order valence-electron chi connectivity index (χ2n) is 18.3. The molecule has 0 fully saturated rings. The third-order valence-corrected chi connectivity index (χ3v) is 12.6. The minimum atomic E-state index is -4.63. The number of carbonyl (C=O) groups excluding carboxylic acids is 1. The van der Waals surface area contributed by atoms with Crippen molar-refractivity contribution in [1.29, 1.82) is 0 Å². The van der Waals surface area contributed by atoms with Crippen molar-refractivity contribution < 1.29 is 42.7 Å². The molecule has 3 atom stereocenters. The first-order valence-electron chi connectivity index (χ1n) is 27.6. The molecule has 0 aliphatic heterocycles. The zero-order valence-electron chi connectivity index (χ0n) is 43.9. The van der Waals surface area contributed by atoms with E-state index in [1.165, 1.54) is 122 Å². The molecule has 10 nitrogen and oxygen atoms in total. The van der Waals surface area contributed by atoms with E-state index in [0.29, 0.717) is 13.0 Å². The number of aliphatic carboxylic acids is 1. The second kappa shape index (κ2) is 53.0. The number of rotatable bonds is 52. The number of carboxylic acid groups (broad SMARTS) is 1. The van der Waals surface area contributed by atoms with Gasteiger partial charge >= 0.3 is 19.8 Å². The van der Waals surface area contributed by atoms with E-state index in [-0.39, 0.29) is 13.0 Å². The van der Waals surface area contributed by atoms with Gasteiger partial charge in [0.15, 0.2) is 0 Å². The Morgan fingerprint density at radius 3 is 1.26 bits per heavy atom. The molecule has 0 saturated carbocycles. The fourth-order valence-electron chi connectivity index (χ4n) is 7.43. The maximum atomic E-state index is 12.7. The lowest BCUT2D eigenvalue weighted by molar-refractivity contribution is -0.154. The highest BCUT2D eigenvalue weighted by Gasteiger charge is 2.27. The molecule has 0 aromatic rings. The van der Waals surface area contributed by atoms with E-state index in [1.807, 2.05) is 0 Å². The van der Waals surface area contributed by atoms with Gasteiger partial charge in [-0.05, 0) is 89.9 Å². The summed E-state index contributed by atoms with van der Waals surface area (Å²) in [6.07, 6.45) is 69.3. The zero-order chi connectivity index (χ0) is 50.4. The summed E-state index contributed by atoms with van der Waals surface area (Å²) in [7, 11) is -4.63. The van der Waals surface area contributed by atoms with Gasteiger partial charge < -0.3 is 25.2 Å². The molecule has 3 unspecified atom stereocenters. The molecule has 398 valence electrons. The first-order valence-corrected chi connectivity index (χ1v) is 29.1. The summed E-state index contributed by atoms with van der Waals surface area (Å²) < 4.78 is 33.6. The summed E-state index contributed by atoms with van der Waals surface area (Å²) in [6, 6.07) is -1.48. The molecule has 0 saturated heterocycles. The smallest absolute Gasteiger partial charge is 0.472 e. The molecule has 0 aromatic carbocycles. The fourth-order valence-corrected chi connectivity index (χ4v) is 8.20. The van der Waals surface area contributed by atoms with E-state index in [0.717, 1.165) is 83.5 Å². The van der Waals surface area contributed by atoms with Crippen LogP contribution in [0.3, 0.4) is 0 Å². The molecule has 0 radical (unpaired) electrons. The van der Waals surface area contributed by atoms with E-state index >= 15 is 0 Å². The molecule has 11 heteroatoms. The number of phosphoric ester groups is 1. The van der Waals surface area contributed by atoms with Gasteiger partial charge in [0.1, 0.15) is 12.1 Å². The van der Waals surface area contributed by atoms with Gasteiger partial charge in [0.25, 0.3) is 0 Å². The van der Waals surface area contributed by atoms with Crippen LogP contribution in [-0.4, -0.2) is 60.5 Å². The van der Waals surface area contributed by atoms with Crippen LogP contribution in [0.25, 0.3) is 0 Å². The molecule has 0 rings (SSSR count). The third-order valence-electron chi connectivity index (χ3n) is 11.7. The topological polar surface area (TPSA) is 155 Å². The van der Waals surface area contributed by atoms with Crippen LogP contribution in [-0.2, 0) is 32.7 Å². The SMILES string of the molecule is CC/C=C\C/C=C\C/C=C\C/C=C\C/C=C\CCCCCCCCCCOCC(COP(=O)(O)OCC(N)C(=O)O)OC(=O)CCCCCCCCCCCCC/C=C\C/C=C\CCCCCCC. The highest BCUT2D eigenvalue weighted by atomic mass is 31.2. The molecule has 4 N–H and O–H groups in total. The van der Waals surface area contributed by atoms with Crippen LogP contribution in [0.15, 0.2) is 85.1 Å². The third kappa shape index (κ3) is 52.8. The molecule has 0 aromatic heterocycles. The van der Waals surface area contributed by atoms with Crippen molar-refractivity contribution in [2.24, 2.45) is 5.73 Å². The maximum absolute atomic E-state index is 12.7. The van der Waals surface area contributed by atoms with E-state index in [4.69, 9.17) is 29.4 Å². The highest BCUT2D eigenvalue weighted by Crippen LogP contribution is 2.43. The van der Waals surface area contributed by atoms with Crippen molar-refractivity contribution in [1.82, 2.24) is 0 Å². The van der Waals surface area contributed by atoms with Gasteiger partial charge in [0.05, 0.1) is 19.8 Å². The van der Waals surface area contributed by atoms with Gasteiger partial charge in [-0.2, -0.15) is 0 Å². The Morgan fingerprint density at radius 1 is 0.478 bits per heavy atom. The largest absolute Gasteiger partial charge is 0.480 e. The number of hydrogen-bond donors (Lipinski definition) is 3. The molecule has 0 aliphatic carbocycles. The molecule has 0 spiro atoms. The molecule has 0 aliphatic rings. The summed E-state index contributed by atoms with van der Waals surface area (Å²) in [5.41, 5.74) is 5.38. The van der Waals surface area contributed by atoms with E-state index in [2.05, 4.69) is 98.9 Å². The average Bonchev–Trinajstić information content (AvgIpc) is 3.33. The van der Waals surface area contributed by atoms with Crippen molar-refractivity contribution in [3.8, 4) is 0 Å². The molecule has 69 heavy (non-hydrogen) atoms. The Balaban J connectivity index is 4.14. The fraction of sp³-hybridized carbons (Fsp3) is 0.724. The molecule has 0 heterocycles. The minimum absolute atomic E-state index is 0.00648. The molecular weight excluding hydrogens is 886 g/mol. The quantitative estimate of drug-likeness (QED) is 0.0232. The Morgan fingerprint density at radius 2 is 0.841 bits per heavy atom. The monoisotopic (exact) mass is 988 g/mol. The van der Waals surface area contributed by atoms with Crippen LogP contribution in [0.1, 0.15) is 232 Å². The van der Waals surface area contributed by atoms with Crippen LogP contribution in [0.5, 0.6) is 0 Å². The summed E-state index contributed by atoms with van der Waals surface area (Å²) >= 11 is 0. The number of carboxylic acids is 1. The Bertz CT molecular complexity index is 1420. The van der Waals surface area contributed by atoms with Crippen molar-refractivity contribution >= 4 is 19.8 Å². The number of allylic oxidation sites excluding steroid dienone is 14. The van der Waals surface area contributed by atoms with Gasteiger partial charge in [-0.1, -0.05) is 221 Å². The number of carbonyl (C=O) groups is 2. The Hall–Kier alpha value is -2.85. The lowest BCUT2D eigenvalue weighted by atomic mass is 10.0. The predicted molar refractivity (Wildman–Crippen MR) is 290 cm³/mol. The number of nitrogens with two attached hydrogens (primary N) is 1. The van der Waals surface area contributed by atoms with Crippen molar-refractivity contribution in [2.75, 3.05) is 26.4 Å². The lowest BCUT2D eigenvalue weighted by Gasteiger charge is -2.20. The van der Waals surface area contributed by atoms with Gasteiger partial charge in [0, 0.05) is 13.0 Å². The number of esters is 1. The standard InChI is InChI=1S/C58H102NO9P/c1-3-5-7-9-11-13-15-17-19-21-23-25-27-29-31-33-35-37-39-41-43-45-47-49-51-65-52-55(53-66-69(63,64)67-54-56(59)58(61)62)68-57(60)50-48-46-44-42-40-38-36-34-32-30-28-26-24-22-20-18-16-14-12-10-8-6-4-2/h5,7,11,13,16-19,22-25,29,31,55-56H,3-4,6,8-10,12,14-15,20-21,26-28,30,32-54,59H2,1-2H3,(H,61,62)(H,63,64)/b7-5-,13-11-,18-16-,19-17-,24-22-,25-23-,31-29-. The first-order chi connectivity index (χ1) is 33.7. The molecule has 0 bridgehead atoms. The van der Waals surface area contributed by atoms with E-state index < -0.39 is 45.1 Å². The van der Waals surface area contributed by atoms with Crippen LogP contribution >= 0.6 is 7.82 Å². The average molecular weight is 988 g/mol. The zero-order valence-corrected chi connectivity index (χ0v) is 44.8. The first kappa shape index (κ1) is 66.2. The maximum Gasteiger partial charge on any atom is 0.472 e. The van der Waals surface area contributed by atoms with Crippen LogP contribution < -0.4 is 5.73 Å². The lowest BCUT2D eigenvalue weighted by Crippen LogP contribution is -2.34.